The van der Waals surface area contributed by atoms with Crippen LogP contribution in [0.3, 0.4) is 0 Å². The van der Waals surface area contributed by atoms with E-state index in [0.717, 1.165) is 12.1 Å². The van der Waals surface area contributed by atoms with Crippen molar-refractivity contribution in [2.24, 2.45) is 11.8 Å². The van der Waals surface area contributed by atoms with Crippen LogP contribution in [0, 0.1) is 11.8 Å². The van der Waals surface area contributed by atoms with Gasteiger partial charge in [0.05, 0.1) is 5.92 Å². The van der Waals surface area contributed by atoms with Crippen molar-refractivity contribution in [2.75, 3.05) is 26.2 Å². The lowest BCUT2D eigenvalue weighted by atomic mass is 9.87. The molecule has 2 fully saturated rings. The third kappa shape index (κ3) is 5.08. The first-order valence-electron chi connectivity index (χ1n) is 9.22. The number of nitrogens with zero attached hydrogens (tertiary/aromatic N) is 2. The highest BCUT2D eigenvalue weighted by Gasteiger charge is 2.33. The Bertz CT molecular complexity index is 441. The van der Waals surface area contributed by atoms with Gasteiger partial charge in [-0.25, -0.2) is 0 Å². The lowest BCUT2D eigenvalue weighted by molar-refractivity contribution is -0.143. The van der Waals surface area contributed by atoms with Crippen LogP contribution in [0.5, 0.6) is 0 Å². The molecule has 1 atom stereocenters. The molecule has 4 heteroatoms. The molecule has 130 valence electrons. The van der Waals surface area contributed by atoms with Gasteiger partial charge in [0, 0.05) is 32.6 Å². The van der Waals surface area contributed by atoms with Crippen LogP contribution >= 0.6 is 0 Å². The maximum atomic E-state index is 12.8. The van der Waals surface area contributed by atoms with Gasteiger partial charge in [-0.2, -0.15) is 0 Å². The average Bonchev–Trinajstić information content (AvgIpc) is 2.55. The van der Waals surface area contributed by atoms with Crippen molar-refractivity contribution in [3.63, 3.8) is 0 Å². The molecule has 0 aromatic carbocycles. The van der Waals surface area contributed by atoms with Crippen LogP contribution in [0.4, 0.5) is 0 Å². The van der Waals surface area contributed by atoms with Crippen LogP contribution < -0.4 is 0 Å². The van der Waals surface area contributed by atoms with Crippen molar-refractivity contribution in [2.45, 2.75) is 58.8 Å². The number of amides is 2. The number of carbonyl (C=O) groups excluding carboxylic acids is 2. The largest absolute Gasteiger partial charge is 0.342 e. The first-order valence-corrected chi connectivity index (χ1v) is 9.22. The zero-order chi connectivity index (χ0) is 16.8. The van der Waals surface area contributed by atoms with Gasteiger partial charge in [0.15, 0.2) is 0 Å². The van der Waals surface area contributed by atoms with Gasteiger partial charge in [-0.05, 0) is 39.0 Å². The highest BCUT2D eigenvalue weighted by molar-refractivity contribution is 5.84. The number of hydrogen-bond acceptors (Lipinski definition) is 2. The summed E-state index contributed by atoms with van der Waals surface area (Å²) >= 11 is 0. The Balaban J connectivity index is 1.93. The van der Waals surface area contributed by atoms with Gasteiger partial charge in [-0.1, -0.05) is 31.4 Å². The van der Waals surface area contributed by atoms with Gasteiger partial charge in [0.25, 0.3) is 0 Å². The van der Waals surface area contributed by atoms with E-state index in [1.54, 1.807) is 0 Å². The molecular formula is C19H32N2O2. The van der Waals surface area contributed by atoms with Crippen LogP contribution in [-0.2, 0) is 9.59 Å². The van der Waals surface area contributed by atoms with Gasteiger partial charge in [-0.15, -0.1) is 0 Å². The number of piperidine rings is 1. The molecule has 23 heavy (non-hydrogen) atoms. The lowest BCUT2D eigenvalue weighted by Gasteiger charge is -2.37. The molecule has 2 amide bonds. The number of carbonyl (C=O) groups is 2. The van der Waals surface area contributed by atoms with E-state index in [2.05, 4.69) is 6.58 Å². The van der Waals surface area contributed by atoms with E-state index >= 15 is 0 Å². The minimum Gasteiger partial charge on any atom is -0.342 e. The maximum absolute atomic E-state index is 12.8. The maximum Gasteiger partial charge on any atom is 0.227 e. The highest BCUT2D eigenvalue weighted by Crippen LogP contribution is 2.27. The summed E-state index contributed by atoms with van der Waals surface area (Å²) in [4.78, 5) is 28.8. The summed E-state index contributed by atoms with van der Waals surface area (Å²) in [5.41, 5.74) is 1.01. The number of likely N-dealkylation sites (N-methyl/N-ethyl adjacent to an activating group) is 1. The Labute approximate surface area is 140 Å². The SMILES string of the molecule is C=C(C)CN(CC)C(=O)C1CCC(=O)N(CC2CCCCC2)C1. The molecule has 4 nitrogen and oxygen atoms in total. The van der Waals surface area contributed by atoms with Crippen molar-refractivity contribution in [3.05, 3.63) is 12.2 Å². The summed E-state index contributed by atoms with van der Waals surface area (Å²) in [6.07, 6.45) is 7.60. The molecule has 1 saturated heterocycles. The molecule has 1 heterocycles. The van der Waals surface area contributed by atoms with Crippen LogP contribution in [-0.4, -0.2) is 47.8 Å². The van der Waals surface area contributed by atoms with E-state index in [1.165, 1.54) is 32.1 Å². The van der Waals surface area contributed by atoms with Gasteiger partial charge in [0.1, 0.15) is 0 Å². The number of rotatable bonds is 6. The molecule has 1 aliphatic heterocycles. The predicted molar refractivity (Wildman–Crippen MR) is 92.9 cm³/mol. The Morgan fingerprint density at radius 3 is 2.57 bits per heavy atom. The summed E-state index contributed by atoms with van der Waals surface area (Å²) in [6.45, 7) is 10.7. The van der Waals surface area contributed by atoms with Gasteiger partial charge in [0.2, 0.25) is 11.8 Å². The fourth-order valence-electron chi connectivity index (χ4n) is 3.90. The number of hydrogen-bond donors (Lipinski definition) is 0. The van der Waals surface area contributed by atoms with E-state index in [4.69, 9.17) is 0 Å². The Kier molecular flexibility index (Phi) is 6.67. The Morgan fingerprint density at radius 1 is 1.26 bits per heavy atom. The molecule has 1 unspecified atom stereocenters. The van der Waals surface area contributed by atoms with Crippen LogP contribution in [0.2, 0.25) is 0 Å². The molecule has 0 radical (unpaired) electrons. The first-order chi connectivity index (χ1) is 11.0. The predicted octanol–water partition coefficient (Wildman–Crippen LogP) is 3.23. The molecule has 0 aromatic rings. The second-order valence-electron chi connectivity index (χ2n) is 7.35. The quantitative estimate of drug-likeness (QED) is 0.705. The van der Waals surface area contributed by atoms with Crippen molar-refractivity contribution in [1.82, 2.24) is 9.80 Å². The summed E-state index contributed by atoms with van der Waals surface area (Å²) in [5, 5.41) is 0. The van der Waals surface area contributed by atoms with E-state index in [0.29, 0.717) is 38.4 Å². The van der Waals surface area contributed by atoms with Crippen molar-refractivity contribution in [3.8, 4) is 0 Å². The second-order valence-corrected chi connectivity index (χ2v) is 7.35. The molecule has 2 rings (SSSR count). The first kappa shape index (κ1) is 18.0. The molecule has 0 aromatic heterocycles. The van der Waals surface area contributed by atoms with Crippen molar-refractivity contribution in [1.29, 1.82) is 0 Å². The van der Waals surface area contributed by atoms with Crippen molar-refractivity contribution >= 4 is 11.8 Å². The normalized spacial score (nSPS) is 23.0. The molecule has 1 aliphatic carbocycles. The van der Waals surface area contributed by atoms with Gasteiger partial charge < -0.3 is 9.80 Å². The molecule has 0 spiro atoms. The monoisotopic (exact) mass is 320 g/mol. The second kappa shape index (κ2) is 8.51. The zero-order valence-electron chi connectivity index (χ0n) is 14.9. The lowest BCUT2D eigenvalue weighted by Crippen LogP contribution is -2.48. The van der Waals surface area contributed by atoms with E-state index in [-0.39, 0.29) is 17.7 Å². The summed E-state index contributed by atoms with van der Waals surface area (Å²) in [6, 6.07) is 0. The van der Waals surface area contributed by atoms with Gasteiger partial charge in [-0.3, -0.25) is 9.59 Å². The summed E-state index contributed by atoms with van der Waals surface area (Å²) in [7, 11) is 0. The fraction of sp³-hybridized carbons (Fsp3) is 0.789. The molecule has 2 aliphatic rings. The third-order valence-corrected chi connectivity index (χ3v) is 5.21. The van der Waals surface area contributed by atoms with Crippen LogP contribution in [0.15, 0.2) is 12.2 Å². The molecule has 1 saturated carbocycles. The Morgan fingerprint density at radius 2 is 1.96 bits per heavy atom. The van der Waals surface area contributed by atoms with E-state index < -0.39 is 0 Å². The molecule has 0 N–H and O–H groups in total. The molecule has 0 bridgehead atoms. The zero-order valence-corrected chi connectivity index (χ0v) is 14.9. The van der Waals surface area contributed by atoms with E-state index in [1.807, 2.05) is 23.6 Å². The standard InChI is InChI=1S/C19H32N2O2/c1-4-20(12-15(2)3)19(23)17-10-11-18(22)21(14-17)13-16-8-6-5-7-9-16/h16-17H,2,4-14H2,1,3H3. The van der Waals surface area contributed by atoms with Gasteiger partial charge >= 0.3 is 0 Å². The number of likely N-dealkylation sites (tertiary alicyclic amines) is 1. The topological polar surface area (TPSA) is 40.6 Å². The summed E-state index contributed by atoms with van der Waals surface area (Å²) < 4.78 is 0. The third-order valence-electron chi connectivity index (χ3n) is 5.21. The molecular weight excluding hydrogens is 288 g/mol. The summed E-state index contributed by atoms with van der Waals surface area (Å²) in [5.74, 6) is 1.04. The Hall–Kier alpha value is -1.32. The smallest absolute Gasteiger partial charge is 0.227 e. The highest BCUT2D eigenvalue weighted by atomic mass is 16.2. The minimum absolute atomic E-state index is 0.0319. The average molecular weight is 320 g/mol. The van der Waals surface area contributed by atoms with E-state index in [9.17, 15) is 9.59 Å². The van der Waals surface area contributed by atoms with Crippen molar-refractivity contribution < 1.29 is 9.59 Å². The van der Waals surface area contributed by atoms with Crippen LogP contribution in [0.25, 0.3) is 0 Å². The fourth-order valence-corrected chi connectivity index (χ4v) is 3.90. The van der Waals surface area contributed by atoms with Crippen LogP contribution in [0.1, 0.15) is 58.8 Å². The minimum atomic E-state index is -0.0319.